The molecule has 2 amide bonds. The Morgan fingerprint density at radius 2 is 1.92 bits per heavy atom. The average Bonchev–Trinajstić information content (AvgIpc) is 3.45. The van der Waals surface area contributed by atoms with Gasteiger partial charge in [-0.3, -0.25) is 9.59 Å². The zero-order valence-electron chi connectivity index (χ0n) is 14.8. The third kappa shape index (κ3) is 5.19. The van der Waals surface area contributed by atoms with E-state index in [2.05, 4.69) is 17.6 Å². The van der Waals surface area contributed by atoms with Crippen LogP contribution < -0.4 is 10.6 Å². The number of rotatable bonds is 6. The number of halogens is 1. The van der Waals surface area contributed by atoms with Gasteiger partial charge in [0, 0.05) is 29.8 Å². The average molecular weight is 366 g/mol. The number of hydrogen-bond donors (Lipinski definition) is 2. The molecular formula is C19H28ClN3O2. The minimum absolute atomic E-state index is 0. The van der Waals surface area contributed by atoms with Crippen LogP contribution >= 0.6 is 12.4 Å². The van der Waals surface area contributed by atoms with E-state index in [4.69, 9.17) is 0 Å². The lowest BCUT2D eigenvalue weighted by molar-refractivity contribution is -0.117. The fraction of sp³-hybridized carbons (Fsp3) is 0.579. The topological polar surface area (TPSA) is 61.4 Å². The van der Waals surface area contributed by atoms with E-state index in [-0.39, 0.29) is 30.1 Å². The van der Waals surface area contributed by atoms with E-state index in [1.165, 1.54) is 0 Å². The molecule has 1 saturated carbocycles. The van der Waals surface area contributed by atoms with Crippen molar-refractivity contribution >= 4 is 29.9 Å². The van der Waals surface area contributed by atoms with Crippen molar-refractivity contribution in [1.82, 2.24) is 10.2 Å². The van der Waals surface area contributed by atoms with Gasteiger partial charge in [-0.05, 0) is 63.4 Å². The summed E-state index contributed by atoms with van der Waals surface area (Å²) >= 11 is 0. The molecule has 0 aromatic heterocycles. The highest BCUT2D eigenvalue weighted by Crippen LogP contribution is 2.30. The maximum Gasteiger partial charge on any atom is 0.254 e. The lowest BCUT2D eigenvalue weighted by Crippen LogP contribution is -2.46. The van der Waals surface area contributed by atoms with Gasteiger partial charge in [-0.2, -0.15) is 0 Å². The maximum absolute atomic E-state index is 13.0. The van der Waals surface area contributed by atoms with Gasteiger partial charge in [-0.15, -0.1) is 12.4 Å². The third-order valence-corrected chi connectivity index (χ3v) is 4.80. The first-order chi connectivity index (χ1) is 11.7. The molecule has 6 heteroatoms. The largest absolute Gasteiger partial charge is 0.336 e. The molecule has 2 aliphatic rings. The molecule has 1 aliphatic carbocycles. The summed E-state index contributed by atoms with van der Waals surface area (Å²) in [6.45, 7) is 4.82. The first kappa shape index (κ1) is 19.7. The van der Waals surface area contributed by atoms with Gasteiger partial charge < -0.3 is 15.5 Å². The molecule has 2 N–H and O–H groups in total. The smallest absolute Gasteiger partial charge is 0.254 e. The van der Waals surface area contributed by atoms with Crippen molar-refractivity contribution in [3.05, 3.63) is 29.8 Å². The van der Waals surface area contributed by atoms with Crippen LogP contribution in [0.1, 0.15) is 49.4 Å². The molecule has 0 atom stereocenters. The van der Waals surface area contributed by atoms with E-state index in [9.17, 15) is 9.59 Å². The zero-order chi connectivity index (χ0) is 16.9. The first-order valence-corrected chi connectivity index (χ1v) is 9.11. The molecule has 0 unspecified atom stereocenters. The molecule has 138 valence electrons. The molecule has 0 radical (unpaired) electrons. The quantitative estimate of drug-likeness (QED) is 0.814. The second kappa shape index (κ2) is 9.20. The number of carbonyl (C=O) groups excluding carboxylic acids is 2. The molecule has 2 fully saturated rings. The summed E-state index contributed by atoms with van der Waals surface area (Å²) < 4.78 is 0. The SMILES string of the molecule is CCCN(C(=O)c1cccc(NC(=O)C2CC2)c1)C1CCNCC1.Cl. The van der Waals surface area contributed by atoms with E-state index >= 15 is 0 Å². The van der Waals surface area contributed by atoms with Crippen molar-refractivity contribution in [3.8, 4) is 0 Å². The van der Waals surface area contributed by atoms with E-state index in [1.807, 2.05) is 29.2 Å². The second-order valence-corrected chi connectivity index (χ2v) is 6.82. The highest BCUT2D eigenvalue weighted by atomic mass is 35.5. The van der Waals surface area contributed by atoms with Crippen LogP contribution in [0.15, 0.2) is 24.3 Å². The van der Waals surface area contributed by atoms with Gasteiger partial charge in [0.15, 0.2) is 0 Å². The summed E-state index contributed by atoms with van der Waals surface area (Å²) in [7, 11) is 0. The van der Waals surface area contributed by atoms with Gasteiger partial charge in [0.05, 0.1) is 0 Å². The Labute approximate surface area is 155 Å². The Bertz CT molecular complexity index is 598. The maximum atomic E-state index is 13.0. The number of nitrogens with zero attached hydrogens (tertiary/aromatic N) is 1. The lowest BCUT2D eigenvalue weighted by atomic mass is 10.0. The molecule has 0 bridgehead atoms. The van der Waals surface area contributed by atoms with Crippen molar-refractivity contribution in [3.63, 3.8) is 0 Å². The van der Waals surface area contributed by atoms with Gasteiger partial charge in [0.1, 0.15) is 0 Å². The molecule has 1 saturated heterocycles. The van der Waals surface area contributed by atoms with E-state index < -0.39 is 0 Å². The standard InChI is InChI=1S/C19H27N3O2.ClH/c1-2-12-22(17-8-10-20-11-9-17)19(24)15-4-3-5-16(13-15)21-18(23)14-6-7-14;/h3-5,13-14,17,20H,2,6-12H2,1H3,(H,21,23);1H. The van der Waals surface area contributed by atoms with Crippen molar-refractivity contribution in [2.24, 2.45) is 5.92 Å². The number of anilines is 1. The Hall–Kier alpha value is -1.59. The zero-order valence-corrected chi connectivity index (χ0v) is 15.6. The van der Waals surface area contributed by atoms with Crippen LogP contribution in [0.4, 0.5) is 5.69 Å². The summed E-state index contributed by atoms with van der Waals surface area (Å²) in [5.74, 6) is 0.310. The van der Waals surface area contributed by atoms with Crippen molar-refractivity contribution < 1.29 is 9.59 Å². The Morgan fingerprint density at radius 3 is 2.56 bits per heavy atom. The predicted molar refractivity (Wildman–Crippen MR) is 102 cm³/mol. The van der Waals surface area contributed by atoms with Gasteiger partial charge >= 0.3 is 0 Å². The predicted octanol–water partition coefficient (Wildman–Crippen LogP) is 3.06. The first-order valence-electron chi connectivity index (χ1n) is 9.11. The lowest BCUT2D eigenvalue weighted by Gasteiger charge is -2.34. The monoisotopic (exact) mass is 365 g/mol. The van der Waals surface area contributed by atoms with Crippen LogP contribution in [0.3, 0.4) is 0 Å². The number of benzene rings is 1. The van der Waals surface area contributed by atoms with Crippen molar-refractivity contribution in [2.45, 2.75) is 45.1 Å². The summed E-state index contributed by atoms with van der Waals surface area (Å²) in [6.07, 6.45) is 4.91. The van der Waals surface area contributed by atoms with Crippen LogP contribution in [-0.4, -0.2) is 42.4 Å². The van der Waals surface area contributed by atoms with Crippen LogP contribution in [-0.2, 0) is 4.79 Å². The molecule has 1 aliphatic heterocycles. The highest BCUT2D eigenvalue weighted by molar-refractivity contribution is 5.98. The molecule has 5 nitrogen and oxygen atoms in total. The fourth-order valence-electron chi connectivity index (χ4n) is 3.29. The van der Waals surface area contributed by atoms with Gasteiger partial charge in [0.25, 0.3) is 5.91 Å². The van der Waals surface area contributed by atoms with E-state index in [1.54, 1.807) is 0 Å². The number of hydrogen-bond acceptors (Lipinski definition) is 3. The minimum Gasteiger partial charge on any atom is -0.336 e. The molecule has 25 heavy (non-hydrogen) atoms. The number of amides is 2. The Kier molecular flexibility index (Phi) is 7.26. The number of piperidine rings is 1. The summed E-state index contributed by atoms with van der Waals surface area (Å²) in [4.78, 5) is 27.0. The highest BCUT2D eigenvalue weighted by Gasteiger charge is 2.30. The van der Waals surface area contributed by atoms with Gasteiger partial charge in [0.2, 0.25) is 5.91 Å². The summed E-state index contributed by atoms with van der Waals surface area (Å²) in [6, 6.07) is 7.67. The van der Waals surface area contributed by atoms with Crippen LogP contribution in [0.25, 0.3) is 0 Å². The van der Waals surface area contributed by atoms with Crippen molar-refractivity contribution in [2.75, 3.05) is 25.0 Å². The summed E-state index contributed by atoms with van der Waals surface area (Å²) in [5, 5.41) is 6.28. The number of carbonyl (C=O) groups is 2. The van der Waals surface area contributed by atoms with Gasteiger partial charge in [-0.1, -0.05) is 13.0 Å². The van der Waals surface area contributed by atoms with E-state index in [0.29, 0.717) is 11.6 Å². The van der Waals surface area contributed by atoms with Gasteiger partial charge in [-0.25, -0.2) is 0 Å². The molecule has 3 rings (SSSR count). The third-order valence-electron chi connectivity index (χ3n) is 4.80. The van der Waals surface area contributed by atoms with Crippen LogP contribution in [0.2, 0.25) is 0 Å². The van der Waals surface area contributed by atoms with Crippen LogP contribution in [0, 0.1) is 5.92 Å². The second-order valence-electron chi connectivity index (χ2n) is 6.82. The Morgan fingerprint density at radius 1 is 1.20 bits per heavy atom. The normalized spacial score (nSPS) is 17.5. The Balaban J connectivity index is 0.00000225. The minimum atomic E-state index is 0. The fourth-order valence-corrected chi connectivity index (χ4v) is 3.29. The molecule has 0 spiro atoms. The number of nitrogens with one attached hydrogen (secondary N) is 2. The molecule has 1 heterocycles. The summed E-state index contributed by atoms with van der Waals surface area (Å²) in [5.41, 5.74) is 1.38. The van der Waals surface area contributed by atoms with E-state index in [0.717, 1.165) is 57.4 Å². The van der Waals surface area contributed by atoms with Crippen molar-refractivity contribution in [1.29, 1.82) is 0 Å². The van der Waals surface area contributed by atoms with Crippen LogP contribution in [0.5, 0.6) is 0 Å². The molecule has 1 aromatic carbocycles. The molecule has 1 aromatic rings. The molecular weight excluding hydrogens is 338 g/mol.